The van der Waals surface area contributed by atoms with Crippen LogP contribution in [0.25, 0.3) is 10.4 Å². The Bertz CT molecular complexity index is 1350. The fourth-order valence-corrected chi connectivity index (χ4v) is 6.19. The van der Waals surface area contributed by atoms with Crippen LogP contribution in [-0.2, 0) is 33.3 Å². The molecule has 5 rings (SSSR count). The van der Waals surface area contributed by atoms with E-state index in [1.807, 2.05) is 65.6 Å². The lowest BCUT2D eigenvalue weighted by atomic mass is 10.0. The zero-order chi connectivity index (χ0) is 27.0. The van der Waals surface area contributed by atoms with Gasteiger partial charge in [-0.05, 0) is 29.0 Å². The van der Waals surface area contributed by atoms with Crippen molar-refractivity contribution in [3.05, 3.63) is 60.7 Å². The highest BCUT2D eigenvalue weighted by molar-refractivity contribution is 7.18. The highest BCUT2D eigenvalue weighted by Gasteiger charge is 2.65. The molecule has 11 heteroatoms. The number of hydrogen-bond acceptors (Lipinski definition) is 10. The van der Waals surface area contributed by atoms with Crippen LogP contribution in [-0.4, -0.2) is 54.2 Å². The number of fused-ring (bicyclic) bond motifs is 3. The van der Waals surface area contributed by atoms with E-state index in [-0.39, 0.29) is 12.5 Å². The molecule has 2 aromatic carbocycles. The number of nitrogens with zero attached hydrogens (tertiary/aromatic N) is 2. The van der Waals surface area contributed by atoms with Crippen LogP contribution in [0.5, 0.6) is 5.88 Å². The van der Waals surface area contributed by atoms with Gasteiger partial charge in [0.25, 0.3) is 0 Å². The Labute approximate surface area is 222 Å². The van der Waals surface area contributed by atoms with Crippen molar-refractivity contribution in [2.24, 2.45) is 0 Å². The van der Waals surface area contributed by atoms with Crippen LogP contribution in [0.1, 0.15) is 26.8 Å². The summed E-state index contributed by atoms with van der Waals surface area (Å²) in [5, 5.41) is 12.2. The summed E-state index contributed by atoms with van der Waals surface area (Å²) in [6.45, 7) is 3.46. The van der Waals surface area contributed by atoms with E-state index in [2.05, 4.69) is 0 Å². The number of aromatic hydroxyl groups is 1. The van der Waals surface area contributed by atoms with Gasteiger partial charge in [0.1, 0.15) is 23.3 Å². The van der Waals surface area contributed by atoms with Gasteiger partial charge in [0.2, 0.25) is 12.3 Å². The molecule has 38 heavy (non-hydrogen) atoms. The van der Waals surface area contributed by atoms with E-state index >= 15 is 0 Å². The van der Waals surface area contributed by atoms with Gasteiger partial charge in [0, 0.05) is 20.8 Å². The van der Waals surface area contributed by atoms with E-state index in [0.29, 0.717) is 10.0 Å². The van der Waals surface area contributed by atoms with E-state index in [4.69, 9.17) is 18.9 Å². The minimum atomic E-state index is -1.05. The van der Waals surface area contributed by atoms with Crippen LogP contribution in [0.3, 0.4) is 0 Å². The van der Waals surface area contributed by atoms with Crippen molar-refractivity contribution < 1.29 is 43.0 Å². The lowest BCUT2D eigenvalue weighted by molar-refractivity contribution is -0.707. The number of anilines is 2. The van der Waals surface area contributed by atoms with Crippen LogP contribution in [0.2, 0.25) is 0 Å². The van der Waals surface area contributed by atoms with Crippen molar-refractivity contribution in [3.63, 3.8) is 0 Å². The van der Waals surface area contributed by atoms with Gasteiger partial charge < -0.3 is 24.1 Å². The number of esters is 3. The fourth-order valence-electron chi connectivity index (χ4n) is 4.95. The van der Waals surface area contributed by atoms with Gasteiger partial charge >= 0.3 is 28.9 Å². The third-order valence-corrected chi connectivity index (χ3v) is 7.54. The lowest BCUT2D eigenvalue weighted by Gasteiger charge is -2.27. The molecule has 5 atom stereocenters. The molecular formula is C27H27N2O8S+. The molecule has 198 valence electrons. The second kappa shape index (κ2) is 10.4. The van der Waals surface area contributed by atoms with Gasteiger partial charge in [-0.2, -0.15) is 9.47 Å². The highest BCUT2D eigenvalue weighted by Crippen LogP contribution is 2.51. The predicted octanol–water partition coefficient (Wildman–Crippen LogP) is 3.25. The number of carbonyl (C=O) groups is 3. The van der Waals surface area contributed by atoms with Gasteiger partial charge in [-0.3, -0.25) is 14.4 Å². The minimum absolute atomic E-state index is 0.00458. The first-order valence-corrected chi connectivity index (χ1v) is 12.9. The first-order chi connectivity index (χ1) is 18.3. The molecule has 1 aromatic heterocycles. The molecule has 1 N–H and O–H groups in total. The summed E-state index contributed by atoms with van der Waals surface area (Å²) >= 11 is 1.38. The van der Waals surface area contributed by atoms with Crippen LogP contribution in [0.15, 0.2) is 60.7 Å². The van der Waals surface area contributed by atoms with Gasteiger partial charge in [-0.25, -0.2) is 0 Å². The third kappa shape index (κ3) is 4.70. The summed E-state index contributed by atoms with van der Waals surface area (Å²) in [5.74, 6) is -1.75. The first-order valence-electron chi connectivity index (χ1n) is 12.1. The maximum atomic E-state index is 12.3. The average molecular weight is 540 g/mol. The molecule has 0 unspecified atom stereocenters. The first kappa shape index (κ1) is 25.7. The summed E-state index contributed by atoms with van der Waals surface area (Å²) in [5.41, 5.74) is 1.62. The molecule has 0 saturated carbocycles. The monoisotopic (exact) mass is 539 g/mol. The van der Waals surface area contributed by atoms with Gasteiger partial charge in [0.15, 0.2) is 12.2 Å². The topological polar surface area (TPSA) is 115 Å². The number of thiazole rings is 1. The number of hydrogen-bond donors (Lipinski definition) is 1. The molecule has 0 bridgehead atoms. The Morgan fingerprint density at radius 2 is 1.66 bits per heavy atom. The van der Waals surface area contributed by atoms with Crippen molar-refractivity contribution in [3.8, 4) is 16.3 Å². The maximum Gasteiger partial charge on any atom is 0.347 e. The van der Waals surface area contributed by atoms with Crippen LogP contribution >= 0.6 is 11.3 Å². The molecular weight excluding hydrogens is 512 g/mol. The fraction of sp³-hybridized carbons (Fsp3) is 0.333. The lowest BCUT2D eigenvalue weighted by Crippen LogP contribution is -2.50. The molecule has 3 heterocycles. The summed E-state index contributed by atoms with van der Waals surface area (Å²) < 4.78 is 24.6. The van der Waals surface area contributed by atoms with E-state index in [9.17, 15) is 19.5 Å². The van der Waals surface area contributed by atoms with Gasteiger partial charge in [0.05, 0.1) is 0 Å². The molecule has 0 radical (unpaired) electrons. The molecule has 1 saturated heterocycles. The predicted molar refractivity (Wildman–Crippen MR) is 136 cm³/mol. The number of ether oxygens (including phenoxy) is 4. The van der Waals surface area contributed by atoms with Crippen molar-refractivity contribution in [1.82, 2.24) is 0 Å². The van der Waals surface area contributed by atoms with E-state index in [1.54, 1.807) is 4.57 Å². The highest BCUT2D eigenvalue weighted by atomic mass is 32.1. The van der Waals surface area contributed by atoms with Crippen molar-refractivity contribution in [2.45, 2.75) is 51.4 Å². The molecule has 0 aliphatic carbocycles. The van der Waals surface area contributed by atoms with Crippen molar-refractivity contribution >= 4 is 40.1 Å². The maximum absolute atomic E-state index is 12.3. The van der Waals surface area contributed by atoms with E-state index in [1.165, 1.54) is 32.1 Å². The standard InChI is InChI=1S/C27H26N2O8S/c1-15(30)34-14-20(35-16(2)31)22-23(36-17(3)32)21-26(37-22)28(19-12-8-5-9-13-19)27-29(21)25(33)24(38-27)18-10-6-4-7-11-18/h4-13,20-23,26H,14H2,1-3H3/p+1/t20-,21-,22-,23-,26+/m1/s1. The Morgan fingerprint density at radius 1 is 1.00 bits per heavy atom. The molecule has 2 aliphatic heterocycles. The molecule has 0 spiro atoms. The summed E-state index contributed by atoms with van der Waals surface area (Å²) in [6.07, 6.45) is -3.73. The Hall–Kier alpha value is -3.96. The Kier molecular flexibility index (Phi) is 7.04. The molecule has 10 nitrogen and oxygen atoms in total. The Balaban J connectivity index is 1.64. The number of aromatic nitrogens is 1. The SMILES string of the molecule is CC(=O)OC[C@@H](OC(C)=O)[C@H]1O[C@H]2[C@@H]([C@H]1OC(C)=O)[n+]1c(sc(-c3ccccc3)c1O)N2c1ccccc1. The van der Waals surface area contributed by atoms with Crippen molar-refractivity contribution in [2.75, 3.05) is 11.5 Å². The summed E-state index contributed by atoms with van der Waals surface area (Å²) in [7, 11) is 0. The number of carbonyl (C=O) groups excluding carboxylic acids is 3. The zero-order valence-corrected chi connectivity index (χ0v) is 21.8. The van der Waals surface area contributed by atoms with Crippen LogP contribution < -0.4 is 9.47 Å². The normalized spacial score (nSPS) is 22.3. The molecule has 0 amide bonds. The van der Waals surface area contributed by atoms with Crippen LogP contribution in [0.4, 0.5) is 10.8 Å². The van der Waals surface area contributed by atoms with Gasteiger partial charge in [-0.15, -0.1) is 0 Å². The Morgan fingerprint density at radius 3 is 2.26 bits per heavy atom. The molecule has 2 aliphatic rings. The largest absolute Gasteiger partial charge is 0.477 e. The van der Waals surface area contributed by atoms with Crippen molar-refractivity contribution in [1.29, 1.82) is 0 Å². The van der Waals surface area contributed by atoms with E-state index < -0.39 is 48.5 Å². The smallest absolute Gasteiger partial charge is 0.347 e. The average Bonchev–Trinajstić information content (AvgIpc) is 3.50. The summed E-state index contributed by atoms with van der Waals surface area (Å²) in [4.78, 5) is 38.3. The molecule has 1 fully saturated rings. The zero-order valence-electron chi connectivity index (χ0n) is 21.0. The third-order valence-electron chi connectivity index (χ3n) is 6.35. The molecule has 3 aromatic rings. The quantitative estimate of drug-likeness (QED) is 0.274. The second-order valence-corrected chi connectivity index (χ2v) is 9.96. The number of para-hydroxylation sites is 1. The van der Waals surface area contributed by atoms with Gasteiger partial charge in [-0.1, -0.05) is 48.5 Å². The number of benzene rings is 2. The van der Waals surface area contributed by atoms with E-state index in [0.717, 1.165) is 11.3 Å². The summed E-state index contributed by atoms with van der Waals surface area (Å²) in [6, 6.07) is 18.3. The van der Waals surface area contributed by atoms with Crippen LogP contribution in [0, 0.1) is 0 Å². The minimum Gasteiger partial charge on any atom is -0.477 e. The second-order valence-electron chi connectivity index (χ2n) is 8.99. The number of rotatable bonds is 7.